The molecule has 0 aromatic carbocycles. The highest BCUT2D eigenvalue weighted by molar-refractivity contribution is 4.77. The molecule has 3 heteroatoms. The molecule has 1 rings (SSSR count). The van der Waals surface area contributed by atoms with E-state index in [1.54, 1.807) is 7.11 Å². The van der Waals surface area contributed by atoms with Gasteiger partial charge in [0.1, 0.15) is 0 Å². The molecular formula is C6H14N2O. The summed E-state index contributed by atoms with van der Waals surface area (Å²) in [4.78, 5) is 0. The molecule has 54 valence electrons. The molecule has 0 radical (unpaired) electrons. The topological polar surface area (TPSA) is 38.5 Å². The van der Waals surface area contributed by atoms with Crippen molar-refractivity contribution in [3.63, 3.8) is 0 Å². The first-order chi connectivity index (χ1) is 4.34. The third-order valence-corrected chi connectivity index (χ3v) is 1.84. The van der Waals surface area contributed by atoms with E-state index in [0.717, 1.165) is 19.6 Å². The van der Waals surface area contributed by atoms with Crippen molar-refractivity contribution < 1.29 is 4.74 Å². The smallest absolute Gasteiger partial charge is 0.0477 e. The van der Waals surface area contributed by atoms with Gasteiger partial charge in [0.2, 0.25) is 0 Å². The van der Waals surface area contributed by atoms with Gasteiger partial charge in [-0.05, 0) is 12.8 Å². The number of methoxy groups -OCH3 is 1. The second-order valence-corrected chi connectivity index (χ2v) is 2.46. The molecule has 1 heterocycles. The fourth-order valence-corrected chi connectivity index (χ4v) is 1.02. The van der Waals surface area contributed by atoms with Gasteiger partial charge in [0.15, 0.2) is 0 Å². The van der Waals surface area contributed by atoms with Crippen LogP contribution in [0.2, 0.25) is 0 Å². The molecule has 1 aliphatic heterocycles. The maximum Gasteiger partial charge on any atom is 0.0477 e. The molecule has 0 aliphatic carbocycles. The molecule has 1 unspecified atom stereocenters. The number of nitrogens with zero attached hydrogens (tertiary/aromatic N) is 1. The Morgan fingerprint density at radius 3 is 2.89 bits per heavy atom. The Labute approximate surface area is 55.7 Å². The Morgan fingerprint density at radius 1 is 1.78 bits per heavy atom. The molecule has 0 aromatic rings. The molecule has 0 bridgehead atoms. The first-order valence-electron chi connectivity index (χ1n) is 3.35. The van der Waals surface area contributed by atoms with Crippen molar-refractivity contribution in [3.8, 4) is 0 Å². The fourth-order valence-electron chi connectivity index (χ4n) is 1.02. The maximum absolute atomic E-state index is 5.54. The number of hydrogen-bond donors (Lipinski definition) is 1. The number of hydrazine groups is 1. The summed E-state index contributed by atoms with van der Waals surface area (Å²) < 4.78 is 4.91. The molecule has 0 saturated carbocycles. The van der Waals surface area contributed by atoms with Crippen LogP contribution in [0.5, 0.6) is 0 Å². The Kier molecular flexibility index (Phi) is 2.45. The van der Waals surface area contributed by atoms with E-state index in [1.807, 2.05) is 5.01 Å². The van der Waals surface area contributed by atoms with Gasteiger partial charge in [0.25, 0.3) is 0 Å². The van der Waals surface area contributed by atoms with Crippen molar-refractivity contribution in [2.75, 3.05) is 20.3 Å². The summed E-state index contributed by atoms with van der Waals surface area (Å²) in [7, 11) is 1.72. The number of rotatable bonds is 3. The zero-order chi connectivity index (χ0) is 6.69. The van der Waals surface area contributed by atoms with Crippen molar-refractivity contribution >= 4 is 0 Å². The van der Waals surface area contributed by atoms with Crippen LogP contribution in [0.3, 0.4) is 0 Å². The summed E-state index contributed by atoms with van der Waals surface area (Å²) >= 11 is 0. The largest absolute Gasteiger partial charge is 0.385 e. The van der Waals surface area contributed by atoms with Gasteiger partial charge in [-0.1, -0.05) is 0 Å². The zero-order valence-corrected chi connectivity index (χ0v) is 5.84. The van der Waals surface area contributed by atoms with Gasteiger partial charge >= 0.3 is 0 Å². The lowest BCUT2D eigenvalue weighted by molar-refractivity contribution is 0.0592. The standard InChI is InChI=1S/C6H14N2O/c1-9-5-3-6-2-4-8(6)7/h6H,2-5,7H2,1H3. The molecular weight excluding hydrogens is 116 g/mol. The fraction of sp³-hybridized carbons (Fsp3) is 1.00. The Morgan fingerprint density at radius 2 is 2.56 bits per heavy atom. The third kappa shape index (κ3) is 1.64. The lowest BCUT2D eigenvalue weighted by Gasteiger charge is -2.36. The lowest BCUT2D eigenvalue weighted by Crippen LogP contribution is -2.52. The minimum atomic E-state index is 0.588. The average molecular weight is 130 g/mol. The predicted octanol–water partition coefficient (Wildman–Crippen LogP) is -0.0291. The van der Waals surface area contributed by atoms with E-state index in [4.69, 9.17) is 10.6 Å². The summed E-state index contributed by atoms with van der Waals surface area (Å²) in [5.41, 5.74) is 0. The van der Waals surface area contributed by atoms with Crippen LogP contribution >= 0.6 is 0 Å². The molecule has 3 nitrogen and oxygen atoms in total. The molecule has 9 heavy (non-hydrogen) atoms. The van der Waals surface area contributed by atoms with E-state index in [1.165, 1.54) is 6.42 Å². The minimum Gasteiger partial charge on any atom is -0.385 e. The molecule has 1 fully saturated rings. The maximum atomic E-state index is 5.54. The number of hydrogen-bond acceptors (Lipinski definition) is 3. The third-order valence-electron chi connectivity index (χ3n) is 1.84. The SMILES string of the molecule is COCCC1CCN1N. The van der Waals surface area contributed by atoms with Crippen LogP contribution in [0.1, 0.15) is 12.8 Å². The molecule has 0 amide bonds. The van der Waals surface area contributed by atoms with Crippen molar-refractivity contribution in [2.45, 2.75) is 18.9 Å². The van der Waals surface area contributed by atoms with Crippen molar-refractivity contribution in [1.82, 2.24) is 5.01 Å². The van der Waals surface area contributed by atoms with Crippen LogP contribution in [0, 0.1) is 0 Å². The second-order valence-electron chi connectivity index (χ2n) is 2.46. The molecule has 0 spiro atoms. The molecule has 2 N–H and O–H groups in total. The quantitative estimate of drug-likeness (QED) is 0.545. The summed E-state index contributed by atoms with van der Waals surface area (Å²) in [6, 6.07) is 0.588. The molecule has 1 saturated heterocycles. The summed E-state index contributed by atoms with van der Waals surface area (Å²) in [5, 5.41) is 1.87. The van der Waals surface area contributed by atoms with Crippen LogP contribution in [-0.2, 0) is 4.74 Å². The number of nitrogens with two attached hydrogens (primary N) is 1. The van der Waals surface area contributed by atoms with Gasteiger partial charge in [-0.3, -0.25) is 5.84 Å². The summed E-state index contributed by atoms with van der Waals surface area (Å²) in [6.07, 6.45) is 2.31. The normalized spacial score (nSPS) is 28.0. The van der Waals surface area contributed by atoms with Crippen molar-refractivity contribution in [3.05, 3.63) is 0 Å². The first kappa shape index (κ1) is 6.99. The average Bonchev–Trinajstić information content (AvgIpc) is 1.86. The van der Waals surface area contributed by atoms with Gasteiger partial charge in [0.05, 0.1) is 0 Å². The highest BCUT2D eigenvalue weighted by Crippen LogP contribution is 2.14. The van der Waals surface area contributed by atoms with Crippen LogP contribution < -0.4 is 5.84 Å². The van der Waals surface area contributed by atoms with Gasteiger partial charge in [-0.2, -0.15) is 0 Å². The van der Waals surface area contributed by atoms with Gasteiger partial charge in [0, 0.05) is 26.3 Å². The Bertz CT molecular complexity index is 87.1. The van der Waals surface area contributed by atoms with Gasteiger partial charge in [-0.25, -0.2) is 5.01 Å². The first-order valence-corrected chi connectivity index (χ1v) is 3.35. The van der Waals surface area contributed by atoms with Crippen LogP contribution in [0.15, 0.2) is 0 Å². The van der Waals surface area contributed by atoms with Crippen LogP contribution in [0.4, 0.5) is 0 Å². The molecule has 0 aromatic heterocycles. The zero-order valence-electron chi connectivity index (χ0n) is 5.84. The van der Waals surface area contributed by atoms with Gasteiger partial charge in [-0.15, -0.1) is 0 Å². The number of ether oxygens (including phenoxy) is 1. The monoisotopic (exact) mass is 130 g/mol. The highest BCUT2D eigenvalue weighted by Gasteiger charge is 2.23. The van der Waals surface area contributed by atoms with E-state index < -0.39 is 0 Å². The van der Waals surface area contributed by atoms with E-state index in [-0.39, 0.29) is 0 Å². The van der Waals surface area contributed by atoms with E-state index in [9.17, 15) is 0 Å². The van der Waals surface area contributed by atoms with E-state index in [0.29, 0.717) is 6.04 Å². The Hall–Kier alpha value is -0.120. The van der Waals surface area contributed by atoms with E-state index in [2.05, 4.69) is 0 Å². The van der Waals surface area contributed by atoms with Crippen molar-refractivity contribution in [1.29, 1.82) is 0 Å². The molecule has 1 atom stereocenters. The second kappa shape index (κ2) is 3.15. The van der Waals surface area contributed by atoms with Crippen LogP contribution in [0.25, 0.3) is 0 Å². The highest BCUT2D eigenvalue weighted by atomic mass is 16.5. The molecule has 1 aliphatic rings. The van der Waals surface area contributed by atoms with E-state index >= 15 is 0 Å². The summed E-state index contributed by atoms with van der Waals surface area (Å²) in [6.45, 7) is 1.88. The van der Waals surface area contributed by atoms with Crippen molar-refractivity contribution in [2.24, 2.45) is 5.84 Å². The Balaban J connectivity index is 1.99. The summed E-state index contributed by atoms with van der Waals surface area (Å²) in [5.74, 6) is 5.54. The lowest BCUT2D eigenvalue weighted by atomic mass is 10.0. The van der Waals surface area contributed by atoms with Crippen LogP contribution in [-0.4, -0.2) is 31.3 Å². The predicted molar refractivity (Wildman–Crippen MR) is 35.8 cm³/mol. The minimum absolute atomic E-state index is 0.588. The van der Waals surface area contributed by atoms with Gasteiger partial charge < -0.3 is 4.74 Å².